The molecule has 0 amide bonds. The predicted octanol–water partition coefficient (Wildman–Crippen LogP) is 4.55. The molecule has 0 radical (unpaired) electrons. The molecule has 7 nitrogen and oxygen atoms in total. The topological polar surface area (TPSA) is 69.9 Å². The van der Waals surface area contributed by atoms with Gasteiger partial charge >= 0.3 is 0 Å². The highest BCUT2D eigenvalue weighted by atomic mass is 32.1. The van der Waals surface area contributed by atoms with Gasteiger partial charge < -0.3 is 18.6 Å². The van der Waals surface area contributed by atoms with Gasteiger partial charge in [0.15, 0.2) is 11.5 Å². The lowest BCUT2D eigenvalue weighted by Gasteiger charge is -2.33. The number of piperidine rings is 1. The van der Waals surface area contributed by atoms with Crippen molar-refractivity contribution in [1.82, 2.24) is 15.1 Å². The molecule has 1 atom stereocenters. The number of thiophene rings is 1. The van der Waals surface area contributed by atoms with Crippen LogP contribution in [0.3, 0.4) is 0 Å². The average Bonchev–Trinajstić information content (AvgIpc) is 3.45. The molecule has 1 aliphatic heterocycles. The highest BCUT2D eigenvalue weighted by Crippen LogP contribution is 2.40. The van der Waals surface area contributed by atoms with Crippen molar-refractivity contribution in [3.63, 3.8) is 0 Å². The van der Waals surface area contributed by atoms with Gasteiger partial charge in [0.05, 0.1) is 32.2 Å². The van der Waals surface area contributed by atoms with Crippen LogP contribution >= 0.6 is 11.3 Å². The van der Waals surface area contributed by atoms with E-state index in [1.165, 1.54) is 0 Å². The highest BCUT2D eigenvalue weighted by molar-refractivity contribution is 7.13. The zero-order valence-electron chi connectivity index (χ0n) is 16.9. The van der Waals surface area contributed by atoms with Gasteiger partial charge in [-0.25, -0.2) is 0 Å². The SMILES string of the molecule is COc1cc(CN2CCCC[C@H]2c2nnc(-c3cccs3)o2)cc(OC)c1OC. The van der Waals surface area contributed by atoms with Crippen LogP contribution in [0.1, 0.15) is 36.8 Å². The van der Waals surface area contributed by atoms with Crippen molar-refractivity contribution < 1.29 is 18.6 Å². The van der Waals surface area contributed by atoms with E-state index in [9.17, 15) is 0 Å². The number of likely N-dealkylation sites (tertiary alicyclic amines) is 1. The minimum Gasteiger partial charge on any atom is -0.493 e. The molecule has 0 unspecified atom stereocenters. The first-order valence-electron chi connectivity index (χ1n) is 9.63. The smallest absolute Gasteiger partial charge is 0.257 e. The Morgan fingerprint density at radius 1 is 1.10 bits per heavy atom. The van der Waals surface area contributed by atoms with Crippen molar-refractivity contribution >= 4 is 11.3 Å². The second-order valence-corrected chi connectivity index (χ2v) is 7.89. The molecule has 1 fully saturated rings. The zero-order valence-corrected chi connectivity index (χ0v) is 17.7. The number of rotatable bonds is 7. The van der Waals surface area contributed by atoms with Crippen LogP contribution in [-0.4, -0.2) is 43.0 Å². The van der Waals surface area contributed by atoms with Crippen LogP contribution in [0.5, 0.6) is 17.2 Å². The summed E-state index contributed by atoms with van der Waals surface area (Å²) in [6.07, 6.45) is 3.29. The number of nitrogens with zero attached hydrogens (tertiary/aromatic N) is 3. The summed E-state index contributed by atoms with van der Waals surface area (Å²) in [6.45, 7) is 1.70. The van der Waals surface area contributed by atoms with Gasteiger partial charge in [0.2, 0.25) is 11.6 Å². The molecule has 0 spiro atoms. The highest BCUT2D eigenvalue weighted by Gasteiger charge is 2.29. The van der Waals surface area contributed by atoms with Crippen molar-refractivity contribution in [3.8, 4) is 28.0 Å². The second-order valence-electron chi connectivity index (χ2n) is 6.94. The number of ether oxygens (including phenoxy) is 3. The first-order valence-corrected chi connectivity index (χ1v) is 10.5. The Hall–Kier alpha value is -2.58. The number of hydrogen-bond donors (Lipinski definition) is 0. The summed E-state index contributed by atoms with van der Waals surface area (Å²) in [5.74, 6) is 3.20. The van der Waals surface area contributed by atoms with E-state index >= 15 is 0 Å². The van der Waals surface area contributed by atoms with Gasteiger partial charge in [-0.3, -0.25) is 4.90 Å². The van der Waals surface area contributed by atoms with Crippen LogP contribution in [-0.2, 0) is 6.54 Å². The monoisotopic (exact) mass is 415 g/mol. The molecule has 1 aromatic carbocycles. The molecule has 1 aliphatic rings. The van der Waals surface area contributed by atoms with Gasteiger partial charge in [0, 0.05) is 6.54 Å². The fourth-order valence-electron chi connectivity index (χ4n) is 3.79. The second kappa shape index (κ2) is 8.84. The fourth-order valence-corrected chi connectivity index (χ4v) is 4.43. The van der Waals surface area contributed by atoms with Crippen molar-refractivity contribution in [2.45, 2.75) is 31.8 Å². The van der Waals surface area contributed by atoms with Crippen molar-refractivity contribution in [1.29, 1.82) is 0 Å². The standard InChI is InChI=1S/C21H25N3O4S/c1-25-16-11-14(12-17(26-2)19(16)27-3)13-24-9-5-4-7-15(24)20-22-23-21(28-20)18-8-6-10-29-18/h6,8,10-12,15H,4-5,7,9,13H2,1-3H3/t15-/m0/s1. The molecule has 3 heterocycles. The molecule has 2 aromatic heterocycles. The average molecular weight is 416 g/mol. The van der Waals surface area contributed by atoms with E-state index in [2.05, 4.69) is 15.1 Å². The molecule has 154 valence electrons. The summed E-state index contributed by atoms with van der Waals surface area (Å²) in [4.78, 5) is 3.38. The molecule has 0 bridgehead atoms. The molecular formula is C21H25N3O4S. The molecule has 0 N–H and O–H groups in total. The molecule has 1 saturated heterocycles. The van der Waals surface area contributed by atoms with Crippen LogP contribution in [0, 0.1) is 0 Å². The van der Waals surface area contributed by atoms with Crippen LogP contribution in [0.15, 0.2) is 34.1 Å². The molecule has 8 heteroatoms. The van der Waals surface area contributed by atoms with Gasteiger partial charge in [-0.15, -0.1) is 21.5 Å². The maximum Gasteiger partial charge on any atom is 0.257 e. The normalized spacial score (nSPS) is 17.3. The summed E-state index contributed by atoms with van der Waals surface area (Å²) in [6, 6.07) is 8.08. The van der Waals surface area contributed by atoms with E-state index in [-0.39, 0.29) is 6.04 Å². The van der Waals surface area contributed by atoms with E-state index in [4.69, 9.17) is 18.6 Å². The van der Waals surface area contributed by atoms with Crippen molar-refractivity contribution in [2.75, 3.05) is 27.9 Å². The van der Waals surface area contributed by atoms with Crippen LogP contribution in [0.2, 0.25) is 0 Å². The number of benzene rings is 1. The third-order valence-electron chi connectivity index (χ3n) is 5.18. The van der Waals surface area contributed by atoms with E-state index in [1.54, 1.807) is 32.7 Å². The largest absolute Gasteiger partial charge is 0.493 e. The Balaban J connectivity index is 1.59. The molecule has 0 aliphatic carbocycles. The third kappa shape index (κ3) is 4.09. The third-order valence-corrected chi connectivity index (χ3v) is 6.04. The van der Waals surface area contributed by atoms with Gasteiger partial charge in [-0.05, 0) is 48.5 Å². The van der Waals surface area contributed by atoms with Crippen LogP contribution in [0.25, 0.3) is 10.8 Å². The summed E-state index contributed by atoms with van der Waals surface area (Å²) in [5, 5.41) is 10.6. The molecular weight excluding hydrogens is 390 g/mol. The molecule has 3 aromatic rings. The summed E-state index contributed by atoms with van der Waals surface area (Å²) >= 11 is 1.60. The maximum atomic E-state index is 6.04. The lowest BCUT2D eigenvalue weighted by atomic mass is 10.0. The van der Waals surface area contributed by atoms with E-state index in [0.717, 1.165) is 42.8 Å². The lowest BCUT2D eigenvalue weighted by Crippen LogP contribution is -2.33. The number of hydrogen-bond acceptors (Lipinski definition) is 8. The van der Waals surface area contributed by atoms with Crippen LogP contribution < -0.4 is 14.2 Å². The van der Waals surface area contributed by atoms with Gasteiger partial charge in [-0.1, -0.05) is 12.5 Å². The van der Waals surface area contributed by atoms with Gasteiger partial charge in [0.1, 0.15) is 0 Å². The zero-order chi connectivity index (χ0) is 20.2. The number of aromatic nitrogens is 2. The lowest BCUT2D eigenvalue weighted by molar-refractivity contribution is 0.118. The van der Waals surface area contributed by atoms with E-state index in [0.29, 0.717) is 29.0 Å². The first-order chi connectivity index (χ1) is 14.2. The summed E-state index contributed by atoms with van der Waals surface area (Å²) in [7, 11) is 4.88. The summed E-state index contributed by atoms with van der Waals surface area (Å²) in [5.41, 5.74) is 1.09. The van der Waals surface area contributed by atoms with Crippen molar-refractivity contribution in [2.24, 2.45) is 0 Å². The minimum atomic E-state index is 0.101. The Morgan fingerprint density at radius 3 is 2.55 bits per heavy atom. The Morgan fingerprint density at radius 2 is 1.90 bits per heavy atom. The van der Waals surface area contributed by atoms with Gasteiger partial charge in [-0.2, -0.15) is 0 Å². The van der Waals surface area contributed by atoms with Crippen LogP contribution in [0.4, 0.5) is 0 Å². The fraction of sp³-hybridized carbons (Fsp3) is 0.429. The van der Waals surface area contributed by atoms with Gasteiger partial charge in [0.25, 0.3) is 5.89 Å². The quantitative estimate of drug-likeness (QED) is 0.561. The molecule has 29 heavy (non-hydrogen) atoms. The number of methoxy groups -OCH3 is 3. The van der Waals surface area contributed by atoms with E-state index in [1.807, 2.05) is 29.6 Å². The minimum absolute atomic E-state index is 0.101. The first kappa shape index (κ1) is 19.7. The Bertz CT molecular complexity index is 916. The molecule has 4 rings (SSSR count). The predicted molar refractivity (Wildman–Crippen MR) is 111 cm³/mol. The Kier molecular flexibility index (Phi) is 6.01. The Labute approximate surface area is 174 Å². The summed E-state index contributed by atoms with van der Waals surface area (Å²) < 4.78 is 22.5. The van der Waals surface area contributed by atoms with E-state index < -0.39 is 0 Å². The van der Waals surface area contributed by atoms with Crippen molar-refractivity contribution in [3.05, 3.63) is 41.1 Å². The maximum absolute atomic E-state index is 6.04. The molecule has 0 saturated carbocycles.